The number of rotatable bonds is 41. The molecule has 0 amide bonds. The molecule has 0 aliphatic carbocycles. The van der Waals surface area contributed by atoms with Crippen LogP contribution in [0.4, 0.5) is 0 Å². The Hall–Kier alpha value is -7.42. The van der Waals surface area contributed by atoms with Crippen molar-refractivity contribution in [2.24, 2.45) is 5.41 Å². The van der Waals surface area contributed by atoms with Crippen molar-refractivity contribution in [1.29, 1.82) is 0 Å². The fraction of sp³-hybridized carbons (Fsp3) is 0.476. The fourth-order valence-electron chi connectivity index (χ4n) is 13.8. The van der Waals surface area contributed by atoms with E-state index in [0.29, 0.717) is 74.5 Å². The highest BCUT2D eigenvalue weighted by atomic mass is 79.9. The molecular formula is C84H113BrN6O10S2. The van der Waals surface area contributed by atoms with Gasteiger partial charge in [0, 0.05) is 111 Å². The highest BCUT2D eigenvalue weighted by molar-refractivity contribution is 7.85. The molecule has 0 spiro atoms. The molecule has 6 aromatic heterocycles. The van der Waals surface area contributed by atoms with Crippen LogP contribution in [0.1, 0.15) is 256 Å². The van der Waals surface area contributed by atoms with Crippen LogP contribution in [-0.2, 0) is 54.2 Å². The molecule has 8 aromatic rings. The van der Waals surface area contributed by atoms with Crippen LogP contribution in [0.25, 0.3) is 0 Å². The number of hydrogen-bond acceptors (Lipinski definition) is 12. The Kier molecular flexibility index (Phi) is 38.3. The van der Waals surface area contributed by atoms with Gasteiger partial charge in [-0.25, -0.2) is 30.5 Å². The van der Waals surface area contributed by atoms with Gasteiger partial charge in [-0.2, -0.15) is 0 Å². The molecule has 0 fully saturated rings. The van der Waals surface area contributed by atoms with E-state index in [0.717, 1.165) is 95.6 Å². The zero-order valence-electron chi connectivity index (χ0n) is 62.0. The SMILES string of the molecule is CCC(CC(CC(C)c1ccccc1)c1ccncc1)c1cc[n+](CCCCCC(=O)O)cc1.CCC(CC(CC(C)c1ccccc1)c1ccncc1)c1cc[n+](CCCS(=O)(=O)[O-])cc1.CCCCOC(=O)C(C)(C)CC(CC(CC)c1cc[n+](CCCS(=O)(=O)[O-])cc1)c1ccncc1.[Br-]. The van der Waals surface area contributed by atoms with Crippen molar-refractivity contribution in [2.75, 3.05) is 18.1 Å². The molecule has 6 heterocycles. The number of ether oxygens (including phenoxy) is 1. The normalized spacial score (nSPS) is 13.9. The Morgan fingerprint density at radius 3 is 1.10 bits per heavy atom. The number of benzene rings is 2. The third-order valence-corrected chi connectivity index (χ3v) is 21.4. The number of aromatic nitrogens is 6. The van der Waals surface area contributed by atoms with Gasteiger partial charge in [0.25, 0.3) is 0 Å². The molecule has 0 bridgehead atoms. The van der Waals surface area contributed by atoms with Gasteiger partial charge in [-0.1, -0.05) is 109 Å². The van der Waals surface area contributed by atoms with Crippen LogP contribution < -0.4 is 30.7 Å². The molecule has 0 aliphatic heterocycles. The van der Waals surface area contributed by atoms with Gasteiger partial charge in [-0.15, -0.1) is 0 Å². The Labute approximate surface area is 626 Å². The summed E-state index contributed by atoms with van der Waals surface area (Å²) in [6.07, 6.45) is 37.9. The molecule has 8 rings (SSSR count). The third-order valence-electron chi connectivity index (χ3n) is 19.9. The lowest BCUT2D eigenvalue weighted by molar-refractivity contribution is -0.697. The van der Waals surface area contributed by atoms with Crippen molar-refractivity contribution in [2.45, 2.75) is 232 Å². The molecule has 0 saturated carbocycles. The largest absolute Gasteiger partial charge is 1.00 e. The van der Waals surface area contributed by atoms with Crippen LogP contribution >= 0.6 is 0 Å². The monoisotopic (exact) mass is 1510 g/mol. The lowest BCUT2D eigenvalue weighted by atomic mass is 9.75. The van der Waals surface area contributed by atoms with Crippen molar-refractivity contribution >= 4 is 32.2 Å². The second-order valence-electron chi connectivity index (χ2n) is 28.2. The van der Waals surface area contributed by atoms with E-state index in [4.69, 9.17) is 9.84 Å². The Balaban J connectivity index is 0.000000277. The number of carboxylic acid groups (broad SMARTS) is 1. The number of carbonyl (C=O) groups is 2. The molecule has 558 valence electrons. The zero-order chi connectivity index (χ0) is 73.8. The molecule has 8 atom stereocenters. The topological polar surface area (TPSA) is 228 Å². The van der Waals surface area contributed by atoms with Crippen LogP contribution in [0.3, 0.4) is 0 Å². The van der Waals surface area contributed by atoms with Gasteiger partial charge in [0.15, 0.2) is 37.2 Å². The molecule has 103 heavy (non-hydrogen) atoms. The summed E-state index contributed by atoms with van der Waals surface area (Å²) in [6, 6.07) is 47.1. The molecule has 2 aromatic carbocycles. The van der Waals surface area contributed by atoms with E-state index in [1.165, 1.54) is 38.9 Å². The molecule has 19 heteroatoms. The first-order chi connectivity index (χ1) is 49.0. The van der Waals surface area contributed by atoms with E-state index in [1.54, 1.807) is 12.4 Å². The zero-order valence-corrected chi connectivity index (χ0v) is 65.2. The van der Waals surface area contributed by atoms with E-state index in [2.05, 4.69) is 195 Å². The Bertz CT molecular complexity index is 3870. The molecule has 8 unspecified atom stereocenters. The second kappa shape index (κ2) is 45.7. The van der Waals surface area contributed by atoms with E-state index in [9.17, 15) is 35.5 Å². The van der Waals surface area contributed by atoms with Gasteiger partial charge in [0.2, 0.25) is 0 Å². The number of unbranched alkanes of at least 4 members (excludes halogenated alkanes) is 3. The van der Waals surface area contributed by atoms with Crippen molar-refractivity contribution in [3.8, 4) is 0 Å². The van der Waals surface area contributed by atoms with Crippen LogP contribution in [0.5, 0.6) is 0 Å². The predicted molar refractivity (Wildman–Crippen MR) is 401 cm³/mol. The summed E-state index contributed by atoms with van der Waals surface area (Å²) in [5.74, 6) is 1.68. The highest BCUT2D eigenvalue weighted by Crippen LogP contribution is 2.42. The minimum absolute atomic E-state index is 0. The number of aryl methyl sites for hydroxylation is 3. The number of hydrogen-bond donors (Lipinski definition) is 1. The average Bonchev–Trinajstić information content (AvgIpc) is 0.836. The fourth-order valence-corrected chi connectivity index (χ4v) is 14.8. The minimum atomic E-state index is -4.19. The van der Waals surface area contributed by atoms with Gasteiger partial charge < -0.3 is 35.9 Å². The van der Waals surface area contributed by atoms with Crippen molar-refractivity contribution < 1.29 is 76.1 Å². The summed E-state index contributed by atoms with van der Waals surface area (Å²) in [5.41, 5.74) is 9.92. The summed E-state index contributed by atoms with van der Waals surface area (Å²) < 4.78 is 76.6. The van der Waals surface area contributed by atoms with Crippen LogP contribution in [0.15, 0.2) is 208 Å². The lowest BCUT2D eigenvalue weighted by Gasteiger charge is -2.30. The number of nitrogens with zero attached hydrogens (tertiary/aromatic N) is 6. The number of esters is 1. The average molecular weight is 1510 g/mol. The number of carbonyl (C=O) groups excluding carboxylic acids is 1. The Morgan fingerprint density at radius 1 is 0.437 bits per heavy atom. The van der Waals surface area contributed by atoms with Gasteiger partial charge in [0.05, 0.1) is 32.3 Å². The van der Waals surface area contributed by atoms with Crippen molar-refractivity contribution in [1.82, 2.24) is 15.0 Å². The maximum Gasteiger partial charge on any atom is 0.311 e. The predicted octanol–water partition coefficient (Wildman–Crippen LogP) is 13.8. The summed E-state index contributed by atoms with van der Waals surface area (Å²) in [4.78, 5) is 36.1. The maximum atomic E-state index is 12.8. The first-order valence-corrected chi connectivity index (χ1v) is 40.2. The molecule has 0 radical (unpaired) electrons. The minimum Gasteiger partial charge on any atom is -1.00 e. The summed E-state index contributed by atoms with van der Waals surface area (Å²) in [5, 5.41) is 8.77. The summed E-state index contributed by atoms with van der Waals surface area (Å²) in [7, 11) is -8.35. The number of pyridine rings is 6. The quantitative estimate of drug-likeness (QED) is 0.0163. The molecule has 0 saturated heterocycles. The van der Waals surface area contributed by atoms with E-state index in [-0.39, 0.29) is 52.7 Å². The van der Waals surface area contributed by atoms with E-state index >= 15 is 0 Å². The van der Waals surface area contributed by atoms with Crippen molar-refractivity contribution in [3.63, 3.8) is 0 Å². The van der Waals surface area contributed by atoms with Crippen LogP contribution in [-0.4, -0.2) is 76.1 Å². The molecular weight excluding hydrogens is 1400 g/mol. The summed E-state index contributed by atoms with van der Waals surface area (Å²) in [6.45, 7) is 19.7. The van der Waals surface area contributed by atoms with E-state index < -0.39 is 31.6 Å². The molecule has 1 N–H and O–H groups in total. The van der Waals surface area contributed by atoms with Crippen LogP contribution in [0.2, 0.25) is 0 Å². The van der Waals surface area contributed by atoms with Crippen LogP contribution in [0, 0.1) is 5.41 Å². The van der Waals surface area contributed by atoms with Crippen molar-refractivity contribution in [3.05, 3.63) is 252 Å². The van der Waals surface area contributed by atoms with Gasteiger partial charge >= 0.3 is 11.9 Å². The molecule has 0 aliphatic rings. The van der Waals surface area contributed by atoms with E-state index in [1.807, 2.05) is 84.7 Å². The first kappa shape index (κ1) is 86.2. The molecule has 16 nitrogen and oxygen atoms in total. The highest BCUT2D eigenvalue weighted by Gasteiger charge is 2.35. The second-order valence-corrected chi connectivity index (χ2v) is 31.2. The van der Waals surface area contributed by atoms with Gasteiger partial charge in [-0.05, 0) is 219 Å². The Morgan fingerprint density at radius 2 is 0.767 bits per heavy atom. The smallest absolute Gasteiger partial charge is 0.311 e. The maximum absolute atomic E-state index is 12.8. The first-order valence-electron chi connectivity index (χ1n) is 37.0. The lowest BCUT2D eigenvalue weighted by Crippen LogP contribution is -3.00. The standard InChI is InChI=1S/C30H38N2O2.C27H40N2O5S.C27H34N2O3S.BrH/c1-3-25(28-15-20-32(21-16-28)19-9-5-8-12-30(33)34)23-29(27-13-17-31-18-14-27)22-24(2)26-10-6-4-7-11-26;1-5-7-18-34-26(30)27(3,4)21-25(23-9-13-28-14-10-23)20-22(6-2)24-11-16-29(17-12-24)15-8-19-35(31,32)33;1-3-23(26-12-17-29(18-13-26)16-7-19-33(30,31)32)21-27(25-10-14-28-15-11-25)20-22(2)24-8-5-4-6-9-24;/h4,6-7,10-11,13-18,20-21,24-25,29H,3,5,8-9,12,19,22-23H2,1-2H3;9-14,16-17,22,25H,5-8,15,18-21H2,1-4H3;4-6,8-15,17-18,22-23,27H,3,7,16,19-21H2,1-2H3;1H. The summed E-state index contributed by atoms with van der Waals surface area (Å²) >= 11 is 0. The van der Waals surface area contributed by atoms with Gasteiger partial charge in [0.1, 0.15) is 19.6 Å². The number of carboxylic acids is 1. The van der Waals surface area contributed by atoms with Gasteiger partial charge in [-0.3, -0.25) is 24.5 Å². The number of aliphatic carboxylic acids is 1. The number of halogens is 1. The third kappa shape index (κ3) is 32.2.